The lowest BCUT2D eigenvalue weighted by atomic mass is 9.96. The molecular formula is C16H23F3N2. The van der Waals surface area contributed by atoms with E-state index in [0.29, 0.717) is 17.6 Å². The molecule has 3 atom stereocenters. The van der Waals surface area contributed by atoms with Crippen LogP contribution >= 0.6 is 0 Å². The fourth-order valence-electron chi connectivity index (χ4n) is 2.87. The van der Waals surface area contributed by atoms with E-state index in [2.05, 4.69) is 24.2 Å². The minimum atomic E-state index is -4.28. The molecule has 0 amide bonds. The Morgan fingerprint density at radius 2 is 2.05 bits per heavy atom. The molecule has 118 valence electrons. The van der Waals surface area contributed by atoms with Crippen LogP contribution < -0.4 is 5.32 Å². The van der Waals surface area contributed by atoms with Gasteiger partial charge in [-0.25, -0.2) is 0 Å². The van der Waals surface area contributed by atoms with Gasteiger partial charge in [-0.3, -0.25) is 0 Å². The van der Waals surface area contributed by atoms with E-state index in [9.17, 15) is 13.2 Å². The first-order valence-electron chi connectivity index (χ1n) is 7.41. The standard InChI is InChI=1S/C16H23F3N2/c1-11-9-15(7-8-21(11)3)20-12(2)13-5-4-6-14(10-13)16(17,18)19/h4-6,10-12,15,20H,7-9H2,1-3H3. The molecular weight excluding hydrogens is 277 g/mol. The minimum Gasteiger partial charge on any atom is -0.307 e. The van der Waals surface area contributed by atoms with Crippen LogP contribution in [0.15, 0.2) is 24.3 Å². The van der Waals surface area contributed by atoms with Gasteiger partial charge >= 0.3 is 6.18 Å². The average molecular weight is 300 g/mol. The summed E-state index contributed by atoms with van der Waals surface area (Å²) in [6, 6.07) is 6.39. The normalized spacial score (nSPS) is 25.8. The van der Waals surface area contributed by atoms with E-state index in [1.807, 2.05) is 6.92 Å². The molecule has 1 aromatic carbocycles. The number of alkyl halides is 3. The second-order valence-electron chi connectivity index (χ2n) is 6.06. The Bertz CT molecular complexity index is 473. The van der Waals surface area contributed by atoms with E-state index in [-0.39, 0.29) is 6.04 Å². The van der Waals surface area contributed by atoms with Gasteiger partial charge < -0.3 is 10.2 Å². The summed E-state index contributed by atoms with van der Waals surface area (Å²) in [5.74, 6) is 0. The zero-order valence-corrected chi connectivity index (χ0v) is 12.7. The molecule has 2 rings (SSSR count). The molecule has 3 unspecified atom stereocenters. The number of nitrogens with one attached hydrogen (secondary N) is 1. The summed E-state index contributed by atoms with van der Waals surface area (Å²) < 4.78 is 38.3. The molecule has 1 aromatic rings. The summed E-state index contributed by atoms with van der Waals surface area (Å²) >= 11 is 0. The van der Waals surface area contributed by atoms with Gasteiger partial charge in [0, 0.05) is 18.1 Å². The Morgan fingerprint density at radius 1 is 1.33 bits per heavy atom. The summed E-state index contributed by atoms with van der Waals surface area (Å²) in [6.45, 7) is 5.13. The zero-order valence-electron chi connectivity index (χ0n) is 12.7. The van der Waals surface area contributed by atoms with Crippen molar-refractivity contribution in [3.63, 3.8) is 0 Å². The molecule has 2 nitrogen and oxygen atoms in total. The topological polar surface area (TPSA) is 15.3 Å². The van der Waals surface area contributed by atoms with Crippen LogP contribution in [0.4, 0.5) is 13.2 Å². The molecule has 0 aliphatic carbocycles. The third-order valence-electron chi connectivity index (χ3n) is 4.41. The van der Waals surface area contributed by atoms with Crippen molar-refractivity contribution < 1.29 is 13.2 Å². The van der Waals surface area contributed by atoms with Gasteiger partial charge in [0.2, 0.25) is 0 Å². The summed E-state index contributed by atoms with van der Waals surface area (Å²) in [4.78, 5) is 2.31. The van der Waals surface area contributed by atoms with E-state index in [1.54, 1.807) is 6.07 Å². The highest BCUT2D eigenvalue weighted by atomic mass is 19.4. The molecule has 0 saturated carbocycles. The summed E-state index contributed by atoms with van der Waals surface area (Å²) in [6.07, 6.45) is -2.22. The van der Waals surface area contributed by atoms with Crippen molar-refractivity contribution in [2.75, 3.05) is 13.6 Å². The van der Waals surface area contributed by atoms with Crippen LogP contribution in [0.2, 0.25) is 0 Å². The fourth-order valence-corrected chi connectivity index (χ4v) is 2.87. The molecule has 21 heavy (non-hydrogen) atoms. The Kier molecular flexibility index (Phi) is 4.94. The molecule has 1 heterocycles. The second-order valence-corrected chi connectivity index (χ2v) is 6.06. The lowest BCUT2D eigenvalue weighted by Gasteiger charge is -2.36. The molecule has 1 N–H and O–H groups in total. The highest BCUT2D eigenvalue weighted by Crippen LogP contribution is 2.31. The van der Waals surface area contributed by atoms with Crippen LogP contribution in [0.25, 0.3) is 0 Å². The number of rotatable bonds is 3. The third-order valence-corrected chi connectivity index (χ3v) is 4.41. The van der Waals surface area contributed by atoms with Gasteiger partial charge in [0.15, 0.2) is 0 Å². The molecule has 0 aromatic heterocycles. The number of piperidine rings is 1. The van der Waals surface area contributed by atoms with Crippen molar-refractivity contribution in [3.8, 4) is 0 Å². The van der Waals surface area contributed by atoms with Gasteiger partial charge in [-0.1, -0.05) is 12.1 Å². The minimum absolute atomic E-state index is 0.0760. The average Bonchev–Trinajstić information content (AvgIpc) is 2.42. The van der Waals surface area contributed by atoms with Crippen LogP contribution in [0.1, 0.15) is 43.9 Å². The molecule has 1 aliphatic heterocycles. The Balaban J connectivity index is 2.02. The number of benzene rings is 1. The maximum atomic E-state index is 12.8. The number of hydrogen-bond donors (Lipinski definition) is 1. The third kappa shape index (κ3) is 4.20. The number of halogens is 3. The Hall–Kier alpha value is -1.07. The van der Waals surface area contributed by atoms with Gasteiger partial charge in [0.05, 0.1) is 5.56 Å². The van der Waals surface area contributed by atoms with Crippen molar-refractivity contribution in [3.05, 3.63) is 35.4 Å². The predicted octanol–water partition coefficient (Wildman–Crippen LogP) is 3.84. The number of nitrogens with zero attached hydrogens (tertiary/aromatic N) is 1. The number of likely N-dealkylation sites (tertiary alicyclic amines) is 1. The molecule has 1 fully saturated rings. The van der Waals surface area contributed by atoms with Gasteiger partial charge in [-0.2, -0.15) is 13.2 Å². The molecule has 1 saturated heterocycles. The van der Waals surface area contributed by atoms with E-state index < -0.39 is 11.7 Å². The smallest absolute Gasteiger partial charge is 0.307 e. The van der Waals surface area contributed by atoms with Gasteiger partial charge in [0.1, 0.15) is 0 Å². The van der Waals surface area contributed by atoms with E-state index in [4.69, 9.17) is 0 Å². The second kappa shape index (κ2) is 6.36. The van der Waals surface area contributed by atoms with Crippen molar-refractivity contribution in [2.24, 2.45) is 0 Å². The van der Waals surface area contributed by atoms with Crippen LogP contribution in [-0.2, 0) is 6.18 Å². The predicted molar refractivity (Wildman–Crippen MR) is 78.1 cm³/mol. The first kappa shape index (κ1) is 16.3. The van der Waals surface area contributed by atoms with E-state index >= 15 is 0 Å². The van der Waals surface area contributed by atoms with Gasteiger partial charge in [-0.05, 0) is 58.0 Å². The summed E-state index contributed by atoms with van der Waals surface area (Å²) in [5, 5.41) is 3.47. The lowest BCUT2D eigenvalue weighted by Crippen LogP contribution is -2.46. The Labute approximate surface area is 124 Å². The monoisotopic (exact) mass is 300 g/mol. The van der Waals surface area contributed by atoms with E-state index in [1.165, 1.54) is 12.1 Å². The molecule has 1 aliphatic rings. The van der Waals surface area contributed by atoms with Crippen molar-refractivity contribution in [1.82, 2.24) is 10.2 Å². The van der Waals surface area contributed by atoms with Crippen LogP contribution in [0.5, 0.6) is 0 Å². The largest absolute Gasteiger partial charge is 0.416 e. The lowest BCUT2D eigenvalue weighted by molar-refractivity contribution is -0.137. The molecule has 0 radical (unpaired) electrons. The molecule has 5 heteroatoms. The molecule has 0 bridgehead atoms. The summed E-state index contributed by atoms with van der Waals surface area (Å²) in [5.41, 5.74) is 0.113. The number of hydrogen-bond acceptors (Lipinski definition) is 2. The molecule has 0 spiro atoms. The summed E-state index contributed by atoms with van der Waals surface area (Å²) in [7, 11) is 2.11. The quantitative estimate of drug-likeness (QED) is 0.912. The van der Waals surface area contributed by atoms with E-state index in [0.717, 1.165) is 25.5 Å². The van der Waals surface area contributed by atoms with Crippen LogP contribution in [0, 0.1) is 0 Å². The van der Waals surface area contributed by atoms with Gasteiger partial charge in [0.25, 0.3) is 0 Å². The Morgan fingerprint density at radius 3 is 2.67 bits per heavy atom. The van der Waals surface area contributed by atoms with Gasteiger partial charge in [-0.15, -0.1) is 0 Å². The van der Waals surface area contributed by atoms with Crippen LogP contribution in [-0.4, -0.2) is 30.6 Å². The SMILES string of the molecule is CC(NC1CCN(C)C(C)C1)c1cccc(C(F)(F)F)c1. The van der Waals surface area contributed by atoms with Crippen LogP contribution in [0.3, 0.4) is 0 Å². The fraction of sp³-hybridized carbons (Fsp3) is 0.625. The maximum absolute atomic E-state index is 12.8. The zero-order chi connectivity index (χ0) is 15.6. The van der Waals surface area contributed by atoms with Crippen molar-refractivity contribution >= 4 is 0 Å². The van der Waals surface area contributed by atoms with Crippen molar-refractivity contribution in [2.45, 2.75) is 51.0 Å². The highest BCUT2D eigenvalue weighted by Gasteiger charge is 2.31. The first-order chi connectivity index (χ1) is 9.77. The first-order valence-corrected chi connectivity index (χ1v) is 7.41. The van der Waals surface area contributed by atoms with Crippen molar-refractivity contribution in [1.29, 1.82) is 0 Å². The highest BCUT2D eigenvalue weighted by molar-refractivity contribution is 5.27. The maximum Gasteiger partial charge on any atom is 0.416 e.